The van der Waals surface area contributed by atoms with Crippen molar-refractivity contribution in [3.63, 3.8) is 0 Å². The van der Waals surface area contributed by atoms with E-state index in [2.05, 4.69) is 37.4 Å². The molecule has 2 aromatic heterocycles. The molecule has 2 aliphatic rings. The van der Waals surface area contributed by atoms with Crippen molar-refractivity contribution in [3.8, 4) is 17.0 Å². The SMILES string of the molecule is C=CC(=O)NC1CCCOc2cnncc2-c2cc(cc(C)n2)C(=O)/N=C2\Nc3ccccc3N2C1. The zero-order valence-electron chi connectivity index (χ0n) is 19.8. The molecule has 0 aliphatic carbocycles. The first-order chi connectivity index (χ1) is 17.5. The number of guanidine groups is 1. The van der Waals surface area contributed by atoms with Crippen LogP contribution in [0.4, 0.5) is 11.4 Å². The highest BCUT2D eigenvalue weighted by atomic mass is 16.5. The molecule has 2 N–H and O–H groups in total. The lowest BCUT2D eigenvalue weighted by atomic mass is 10.1. The number of para-hydroxylation sites is 2. The van der Waals surface area contributed by atoms with E-state index in [0.717, 1.165) is 11.4 Å². The molecule has 0 spiro atoms. The van der Waals surface area contributed by atoms with E-state index in [4.69, 9.17) is 4.74 Å². The molecule has 10 nitrogen and oxygen atoms in total. The number of nitrogens with one attached hydrogen (secondary N) is 2. The molecular weight excluding hydrogens is 458 g/mol. The third kappa shape index (κ3) is 4.78. The summed E-state index contributed by atoms with van der Waals surface area (Å²) in [7, 11) is 0. The van der Waals surface area contributed by atoms with Gasteiger partial charge in [-0.25, -0.2) is 0 Å². The smallest absolute Gasteiger partial charge is 0.280 e. The largest absolute Gasteiger partial charge is 0.491 e. The number of aromatic nitrogens is 3. The lowest BCUT2D eigenvalue weighted by Gasteiger charge is -2.26. The Kier molecular flexibility index (Phi) is 6.40. The molecule has 2 aliphatic heterocycles. The average molecular weight is 484 g/mol. The molecule has 3 aromatic rings. The summed E-state index contributed by atoms with van der Waals surface area (Å²) in [5.41, 5.74) is 3.94. The van der Waals surface area contributed by atoms with Gasteiger partial charge in [0.1, 0.15) is 5.75 Å². The number of hydrogen-bond donors (Lipinski definition) is 2. The minimum absolute atomic E-state index is 0.252. The second-order valence-corrected chi connectivity index (χ2v) is 8.54. The molecule has 5 rings (SSSR count). The van der Waals surface area contributed by atoms with Crippen molar-refractivity contribution in [1.29, 1.82) is 0 Å². The van der Waals surface area contributed by atoms with Gasteiger partial charge in [0.25, 0.3) is 5.91 Å². The van der Waals surface area contributed by atoms with Gasteiger partial charge in [0, 0.05) is 23.8 Å². The number of carbonyl (C=O) groups is 2. The molecule has 1 atom stereocenters. The first kappa shape index (κ1) is 23.2. The lowest BCUT2D eigenvalue weighted by molar-refractivity contribution is -0.117. The van der Waals surface area contributed by atoms with Crippen LogP contribution in [0.3, 0.4) is 0 Å². The van der Waals surface area contributed by atoms with E-state index in [-0.39, 0.29) is 11.9 Å². The molecule has 10 heteroatoms. The second-order valence-electron chi connectivity index (χ2n) is 8.54. The third-order valence-corrected chi connectivity index (χ3v) is 5.96. The Labute approximate surface area is 208 Å². The van der Waals surface area contributed by atoms with Gasteiger partial charge in [-0.05, 0) is 50.1 Å². The molecular formula is C26H25N7O3. The number of ether oxygens (including phenoxy) is 1. The first-order valence-electron chi connectivity index (χ1n) is 11.6. The standard InChI is InChI=1S/C26H25N7O3/c1-3-24(34)30-18-7-6-10-36-23-14-28-27-13-19(23)21-12-17(11-16(2)29-21)25(35)32-26-31-20-8-4-5-9-22(20)33(26)15-18/h3-5,8-9,11-14,18H,1,6-7,10,15H2,2H3,(H,30,34)(H,31,32,35). The minimum Gasteiger partial charge on any atom is -0.491 e. The van der Waals surface area contributed by atoms with Gasteiger partial charge in [-0.1, -0.05) is 18.7 Å². The second kappa shape index (κ2) is 9.95. The number of anilines is 2. The fraction of sp³-hybridized carbons (Fsp3) is 0.231. The fourth-order valence-corrected chi connectivity index (χ4v) is 4.30. The predicted octanol–water partition coefficient (Wildman–Crippen LogP) is 3.12. The van der Waals surface area contributed by atoms with Gasteiger partial charge in [-0.3, -0.25) is 14.6 Å². The summed E-state index contributed by atoms with van der Waals surface area (Å²) in [6, 6.07) is 10.8. The Morgan fingerprint density at radius 3 is 2.94 bits per heavy atom. The van der Waals surface area contributed by atoms with E-state index in [1.165, 1.54) is 12.3 Å². The molecule has 1 unspecified atom stereocenters. The van der Waals surface area contributed by atoms with Gasteiger partial charge in [0.15, 0.2) is 0 Å². The molecule has 182 valence electrons. The lowest BCUT2D eigenvalue weighted by Crippen LogP contribution is -2.45. The Balaban J connectivity index is 1.59. The number of rotatable bonds is 2. The molecule has 1 aromatic carbocycles. The highest BCUT2D eigenvalue weighted by molar-refractivity contribution is 6.19. The Morgan fingerprint density at radius 2 is 2.08 bits per heavy atom. The average Bonchev–Trinajstić information content (AvgIpc) is 3.22. The van der Waals surface area contributed by atoms with E-state index >= 15 is 0 Å². The number of amides is 2. The van der Waals surface area contributed by atoms with Gasteiger partial charge in [0.05, 0.1) is 41.6 Å². The number of pyridine rings is 1. The van der Waals surface area contributed by atoms with E-state index in [9.17, 15) is 9.59 Å². The number of benzene rings is 1. The summed E-state index contributed by atoms with van der Waals surface area (Å²) in [6.07, 6.45) is 5.63. The van der Waals surface area contributed by atoms with Gasteiger partial charge >= 0.3 is 0 Å². The topological polar surface area (TPSA) is 122 Å². The van der Waals surface area contributed by atoms with Gasteiger partial charge in [-0.2, -0.15) is 15.2 Å². The van der Waals surface area contributed by atoms with E-state index < -0.39 is 5.91 Å². The van der Waals surface area contributed by atoms with Crippen LogP contribution in [0.15, 0.2) is 66.4 Å². The quantitative estimate of drug-likeness (QED) is 0.533. The Hall–Kier alpha value is -4.60. The Morgan fingerprint density at radius 1 is 1.25 bits per heavy atom. The van der Waals surface area contributed by atoms with Crippen molar-refractivity contribution in [2.24, 2.45) is 4.99 Å². The molecule has 0 saturated heterocycles. The number of aliphatic imine (C=N–C) groups is 1. The van der Waals surface area contributed by atoms with Crippen LogP contribution in [0, 0.1) is 6.92 Å². The maximum absolute atomic E-state index is 13.4. The van der Waals surface area contributed by atoms with Crippen LogP contribution < -0.4 is 20.3 Å². The first-order valence-corrected chi connectivity index (χ1v) is 11.6. The summed E-state index contributed by atoms with van der Waals surface area (Å²) in [4.78, 5) is 36.5. The molecule has 2 amide bonds. The summed E-state index contributed by atoms with van der Waals surface area (Å²) < 4.78 is 6.04. The molecule has 4 heterocycles. The summed E-state index contributed by atoms with van der Waals surface area (Å²) in [5.74, 6) is 0.221. The normalized spacial score (nSPS) is 18.6. The van der Waals surface area contributed by atoms with Crippen molar-refractivity contribution >= 4 is 29.1 Å². The maximum atomic E-state index is 13.4. The van der Waals surface area contributed by atoms with Crippen LogP contribution in [-0.2, 0) is 4.79 Å². The monoisotopic (exact) mass is 483 g/mol. The molecule has 0 fully saturated rings. The zero-order chi connectivity index (χ0) is 25.1. The van der Waals surface area contributed by atoms with Gasteiger partial charge < -0.3 is 20.3 Å². The highest BCUT2D eigenvalue weighted by Crippen LogP contribution is 2.33. The van der Waals surface area contributed by atoms with Crippen molar-refractivity contribution in [2.75, 3.05) is 23.4 Å². The summed E-state index contributed by atoms with van der Waals surface area (Å²) in [6.45, 7) is 6.19. The fourth-order valence-electron chi connectivity index (χ4n) is 4.30. The number of hydrogen-bond acceptors (Lipinski definition) is 8. The third-order valence-electron chi connectivity index (χ3n) is 5.96. The Bertz CT molecular complexity index is 1370. The number of nitrogens with zero attached hydrogens (tertiary/aromatic N) is 5. The number of aryl methyl sites for hydroxylation is 1. The van der Waals surface area contributed by atoms with Crippen molar-refractivity contribution in [3.05, 3.63) is 72.7 Å². The molecule has 2 bridgehead atoms. The van der Waals surface area contributed by atoms with Crippen molar-refractivity contribution in [2.45, 2.75) is 25.8 Å². The minimum atomic E-state index is -0.423. The van der Waals surface area contributed by atoms with E-state index in [0.29, 0.717) is 60.2 Å². The van der Waals surface area contributed by atoms with E-state index in [1.54, 1.807) is 18.3 Å². The summed E-state index contributed by atoms with van der Waals surface area (Å²) in [5, 5.41) is 14.2. The van der Waals surface area contributed by atoms with Crippen LogP contribution >= 0.6 is 0 Å². The molecule has 0 saturated carbocycles. The van der Waals surface area contributed by atoms with Crippen molar-refractivity contribution < 1.29 is 14.3 Å². The van der Waals surface area contributed by atoms with E-state index in [1.807, 2.05) is 36.1 Å². The number of carbonyl (C=O) groups excluding carboxylic acids is 2. The maximum Gasteiger partial charge on any atom is 0.280 e. The van der Waals surface area contributed by atoms with Crippen LogP contribution in [0.25, 0.3) is 11.3 Å². The van der Waals surface area contributed by atoms with Crippen LogP contribution in [0.5, 0.6) is 5.75 Å². The molecule has 36 heavy (non-hydrogen) atoms. The number of fused-ring (bicyclic) bond motifs is 7. The van der Waals surface area contributed by atoms with Gasteiger partial charge in [0.2, 0.25) is 11.9 Å². The highest BCUT2D eigenvalue weighted by Gasteiger charge is 2.29. The van der Waals surface area contributed by atoms with Gasteiger partial charge in [-0.15, -0.1) is 0 Å². The zero-order valence-corrected chi connectivity index (χ0v) is 19.8. The van der Waals surface area contributed by atoms with Crippen molar-refractivity contribution in [1.82, 2.24) is 20.5 Å². The van der Waals surface area contributed by atoms with Crippen LogP contribution in [0.2, 0.25) is 0 Å². The molecule has 0 radical (unpaired) electrons. The van der Waals surface area contributed by atoms with Crippen LogP contribution in [0.1, 0.15) is 28.9 Å². The van der Waals surface area contributed by atoms with Crippen LogP contribution in [-0.4, -0.2) is 52.1 Å². The summed E-state index contributed by atoms with van der Waals surface area (Å²) >= 11 is 0. The predicted molar refractivity (Wildman–Crippen MR) is 136 cm³/mol.